The average molecular weight is 373 g/mol. The molecule has 1 amide bonds. The van der Waals surface area contributed by atoms with Crippen LogP contribution in [0.1, 0.15) is 30.1 Å². The maximum absolute atomic E-state index is 12.8. The first-order valence-corrected chi connectivity index (χ1v) is 8.45. The Morgan fingerprint density at radius 1 is 1.00 bits per heavy atom. The van der Waals surface area contributed by atoms with Gasteiger partial charge in [-0.15, -0.1) is 0 Å². The second kappa shape index (κ2) is 10.1. The second-order valence-corrected chi connectivity index (χ2v) is 5.57. The van der Waals surface area contributed by atoms with E-state index in [2.05, 4.69) is 5.32 Å². The second-order valence-electron chi connectivity index (χ2n) is 5.57. The first kappa shape index (κ1) is 20.1. The molecule has 2 aromatic carbocycles. The lowest BCUT2D eigenvalue weighted by molar-refractivity contribution is -0.147. The van der Waals surface area contributed by atoms with Gasteiger partial charge < -0.3 is 14.8 Å². The van der Waals surface area contributed by atoms with Crippen molar-refractivity contribution in [3.05, 3.63) is 59.9 Å². The summed E-state index contributed by atoms with van der Waals surface area (Å²) >= 11 is 0. The molecule has 0 saturated carbocycles. The molecule has 0 radical (unpaired) electrons. The van der Waals surface area contributed by atoms with E-state index in [0.29, 0.717) is 23.6 Å². The Kier molecular flexibility index (Phi) is 7.49. The Balaban J connectivity index is 1.76. The molecule has 0 saturated heterocycles. The maximum atomic E-state index is 12.8. The molecule has 0 fully saturated rings. The van der Waals surface area contributed by atoms with Gasteiger partial charge in [0.05, 0.1) is 18.7 Å². The summed E-state index contributed by atoms with van der Waals surface area (Å²) in [5.74, 6) is -1.41. The minimum absolute atomic E-state index is 0.0841. The van der Waals surface area contributed by atoms with Crippen LogP contribution in [0.5, 0.6) is 5.75 Å². The maximum Gasteiger partial charge on any atom is 0.306 e. The Morgan fingerprint density at radius 3 is 2.41 bits per heavy atom. The van der Waals surface area contributed by atoms with E-state index in [0.717, 1.165) is 0 Å². The van der Waals surface area contributed by atoms with Crippen molar-refractivity contribution in [2.45, 2.75) is 19.8 Å². The van der Waals surface area contributed by atoms with E-state index < -0.39 is 24.3 Å². The largest absolute Gasteiger partial charge is 0.492 e. The lowest BCUT2D eigenvalue weighted by Crippen LogP contribution is -2.21. The number of rotatable bonds is 9. The number of halogens is 1. The number of ketones is 1. The third kappa shape index (κ3) is 6.54. The number of anilines is 1. The van der Waals surface area contributed by atoms with Crippen molar-refractivity contribution in [3.63, 3.8) is 0 Å². The minimum Gasteiger partial charge on any atom is -0.492 e. The summed E-state index contributed by atoms with van der Waals surface area (Å²) in [6.07, 6.45) is -0.252. The number of ether oxygens (including phenoxy) is 2. The Bertz CT molecular complexity index is 804. The number of hydrogen-bond donors (Lipinski definition) is 1. The van der Waals surface area contributed by atoms with Gasteiger partial charge in [0.2, 0.25) is 0 Å². The number of carbonyl (C=O) groups excluding carboxylic acids is 3. The van der Waals surface area contributed by atoms with Crippen LogP contribution in [0.25, 0.3) is 0 Å². The number of esters is 1. The zero-order valence-electron chi connectivity index (χ0n) is 14.9. The highest BCUT2D eigenvalue weighted by molar-refractivity contribution is 5.98. The van der Waals surface area contributed by atoms with Crippen LogP contribution in [0.15, 0.2) is 48.5 Å². The molecular formula is C20H20FNO5. The predicted molar refractivity (Wildman–Crippen MR) is 97.2 cm³/mol. The van der Waals surface area contributed by atoms with E-state index in [-0.39, 0.29) is 18.6 Å². The number of Topliss-reactive ketones (excluding diaryl/α,β-unsaturated/α-hetero) is 1. The molecule has 27 heavy (non-hydrogen) atoms. The van der Waals surface area contributed by atoms with Crippen molar-refractivity contribution >= 4 is 23.3 Å². The topological polar surface area (TPSA) is 81.7 Å². The van der Waals surface area contributed by atoms with Crippen LogP contribution >= 0.6 is 0 Å². The summed E-state index contributed by atoms with van der Waals surface area (Å²) in [5.41, 5.74) is 0.793. The van der Waals surface area contributed by atoms with E-state index in [1.165, 1.54) is 24.3 Å². The van der Waals surface area contributed by atoms with E-state index in [4.69, 9.17) is 9.47 Å². The van der Waals surface area contributed by atoms with Gasteiger partial charge in [-0.2, -0.15) is 0 Å². The summed E-state index contributed by atoms with van der Waals surface area (Å²) in [5, 5.41) is 2.60. The van der Waals surface area contributed by atoms with Gasteiger partial charge in [-0.3, -0.25) is 14.4 Å². The molecular weight excluding hydrogens is 353 g/mol. The van der Waals surface area contributed by atoms with Crippen LogP contribution < -0.4 is 10.1 Å². The normalized spacial score (nSPS) is 10.1. The van der Waals surface area contributed by atoms with Crippen molar-refractivity contribution in [3.8, 4) is 5.75 Å². The highest BCUT2D eigenvalue weighted by Gasteiger charge is 2.13. The van der Waals surface area contributed by atoms with Gasteiger partial charge in [0.15, 0.2) is 12.4 Å². The van der Waals surface area contributed by atoms with Crippen LogP contribution in [0.2, 0.25) is 0 Å². The Morgan fingerprint density at radius 2 is 1.70 bits per heavy atom. The van der Waals surface area contributed by atoms with Crippen molar-refractivity contribution < 1.29 is 28.2 Å². The van der Waals surface area contributed by atoms with Crippen LogP contribution in [0.3, 0.4) is 0 Å². The van der Waals surface area contributed by atoms with Crippen molar-refractivity contribution in [2.24, 2.45) is 0 Å². The van der Waals surface area contributed by atoms with E-state index in [9.17, 15) is 18.8 Å². The molecule has 0 atom stereocenters. The molecule has 0 spiro atoms. The first-order chi connectivity index (χ1) is 13.0. The predicted octanol–water partition coefficient (Wildman–Crippen LogP) is 3.37. The lowest BCUT2D eigenvalue weighted by Gasteiger charge is -2.11. The quantitative estimate of drug-likeness (QED) is 0.538. The molecule has 6 nitrogen and oxygen atoms in total. The van der Waals surface area contributed by atoms with Gasteiger partial charge in [0.25, 0.3) is 5.91 Å². The van der Waals surface area contributed by atoms with Gasteiger partial charge in [-0.1, -0.05) is 12.1 Å². The van der Waals surface area contributed by atoms with E-state index >= 15 is 0 Å². The number of para-hydroxylation sites is 2. The monoisotopic (exact) mass is 373 g/mol. The SMILES string of the molecule is CCOc1ccccc1NC(=O)COC(=O)CCC(=O)c1ccc(F)cc1. The molecule has 2 aromatic rings. The fourth-order valence-electron chi connectivity index (χ4n) is 2.25. The van der Waals surface area contributed by atoms with Crippen LogP contribution in [-0.4, -0.2) is 30.9 Å². The fourth-order valence-corrected chi connectivity index (χ4v) is 2.25. The van der Waals surface area contributed by atoms with Crippen molar-refractivity contribution in [1.29, 1.82) is 0 Å². The van der Waals surface area contributed by atoms with Crippen LogP contribution in [-0.2, 0) is 14.3 Å². The van der Waals surface area contributed by atoms with Gasteiger partial charge >= 0.3 is 5.97 Å². The molecule has 0 heterocycles. The summed E-state index contributed by atoms with van der Waals surface area (Å²) in [6, 6.07) is 12.0. The van der Waals surface area contributed by atoms with Crippen molar-refractivity contribution in [1.82, 2.24) is 0 Å². The summed E-state index contributed by atoms with van der Waals surface area (Å²) in [6.45, 7) is 1.81. The van der Waals surface area contributed by atoms with Gasteiger partial charge in [-0.25, -0.2) is 4.39 Å². The summed E-state index contributed by atoms with van der Waals surface area (Å²) in [4.78, 5) is 35.6. The molecule has 2 rings (SSSR count). The first-order valence-electron chi connectivity index (χ1n) is 8.45. The summed E-state index contributed by atoms with van der Waals surface area (Å²) in [7, 11) is 0. The number of carbonyl (C=O) groups is 3. The lowest BCUT2D eigenvalue weighted by atomic mass is 10.1. The zero-order chi connectivity index (χ0) is 19.6. The Labute approximate surface area is 156 Å². The standard InChI is InChI=1S/C20H20FNO5/c1-2-26-18-6-4-3-5-16(18)22-19(24)13-27-20(25)12-11-17(23)14-7-9-15(21)10-8-14/h3-10H,2,11-13H2,1H3,(H,22,24). The molecule has 0 aliphatic rings. The Hall–Kier alpha value is -3.22. The van der Waals surface area contributed by atoms with Gasteiger partial charge in [0, 0.05) is 12.0 Å². The van der Waals surface area contributed by atoms with Crippen molar-refractivity contribution in [2.75, 3.05) is 18.5 Å². The van der Waals surface area contributed by atoms with Crippen LogP contribution in [0, 0.1) is 5.82 Å². The molecule has 142 valence electrons. The number of benzene rings is 2. The highest BCUT2D eigenvalue weighted by atomic mass is 19.1. The smallest absolute Gasteiger partial charge is 0.306 e. The molecule has 0 aliphatic carbocycles. The summed E-state index contributed by atoms with van der Waals surface area (Å²) < 4.78 is 23.1. The molecule has 0 bridgehead atoms. The number of nitrogens with one attached hydrogen (secondary N) is 1. The van der Waals surface area contributed by atoms with Crippen LogP contribution in [0.4, 0.5) is 10.1 Å². The zero-order valence-corrected chi connectivity index (χ0v) is 14.9. The fraction of sp³-hybridized carbons (Fsp3) is 0.250. The molecule has 0 aliphatic heterocycles. The number of hydrogen-bond acceptors (Lipinski definition) is 5. The van der Waals surface area contributed by atoms with E-state index in [1.54, 1.807) is 24.3 Å². The average Bonchev–Trinajstić information content (AvgIpc) is 2.67. The molecule has 0 aromatic heterocycles. The third-order valence-corrected chi connectivity index (χ3v) is 3.55. The molecule has 0 unspecified atom stereocenters. The third-order valence-electron chi connectivity index (χ3n) is 3.55. The number of amides is 1. The minimum atomic E-state index is -0.668. The van der Waals surface area contributed by atoms with Gasteiger partial charge in [0.1, 0.15) is 11.6 Å². The molecule has 1 N–H and O–H groups in total. The van der Waals surface area contributed by atoms with Gasteiger partial charge in [-0.05, 0) is 43.3 Å². The molecule has 7 heteroatoms. The van der Waals surface area contributed by atoms with E-state index in [1.807, 2.05) is 6.92 Å². The highest BCUT2D eigenvalue weighted by Crippen LogP contribution is 2.23.